The van der Waals surface area contributed by atoms with Crippen molar-refractivity contribution in [1.82, 2.24) is 4.98 Å². The summed E-state index contributed by atoms with van der Waals surface area (Å²) in [6.07, 6.45) is 0. The molecule has 0 fully saturated rings. The van der Waals surface area contributed by atoms with Gasteiger partial charge in [-0.3, -0.25) is 9.59 Å². The highest BCUT2D eigenvalue weighted by Gasteiger charge is 2.17. The number of aryl methyl sites for hydroxylation is 1. The number of benzene rings is 3. The zero-order valence-electron chi connectivity index (χ0n) is 20.9. The highest BCUT2D eigenvalue weighted by atomic mass is 32.2. The van der Waals surface area contributed by atoms with Gasteiger partial charge in [-0.1, -0.05) is 29.8 Å². The molecule has 0 aliphatic heterocycles. The molecule has 0 aliphatic rings. The Hall–Kier alpha value is -3.82. The van der Waals surface area contributed by atoms with Gasteiger partial charge in [-0.2, -0.15) is 0 Å². The first-order valence-electron chi connectivity index (χ1n) is 11.5. The van der Waals surface area contributed by atoms with E-state index >= 15 is 0 Å². The quantitative estimate of drug-likeness (QED) is 0.239. The van der Waals surface area contributed by atoms with Crippen LogP contribution in [-0.4, -0.2) is 36.3 Å². The van der Waals surface area contributed by atoms with Gasteiger partial charge in [0.1, 0.15) is 0 Å². The summed E-state index contributed by atoms with van der Waals surface area (Å²) >= 11 is 2.83. The first-order chi connectivity index (χ1) is 17.9. The van der Waals surface area contributed by atoms with E-state index in [1.54, 1.807) is 37.4 Å². The molecule has 9 heteroatoms. The minimum Gasteiger partial charge on any atom is -0.493 e. The predicted octanol–water partition coefficient (Wildman–Crippen LogP) is 6.51. The van der Waals surface area contributed by atoms with Crippen LogP contribution in [0.15, 0.2) is 77.0 Å². The van der Waals surface area contributed by atoms with Crippen LogP contribution < -0.4 is 20.1 Å². The van der Waals surface area contributed by atoms with E-state index in [0.717, 1.165) is 16.2 Å². The monoisotopic (exact) mass is 533 g/mol. The Morgan fingerprint density at radius 2 is 1.62 bits per heavy atom. The van der Waals surface area contributed by atoms with Gasteiger partial charge in [-0.05, 0) is 56.3 Å². The Labute approximate surface area is 224 Å². The molecule has 0 saturated carbocycles. The van der Waals surface area contributed by atoms with Crippen molar-refractivity contribution in [2.75, 3.05) is 24.9 Å². The number of thioether (sulfide) groups is 1. The molecule has 190 valence electrons. The van der Waals surface area contributed by atoms with E-state index in [4.69, 9.17) is 9.47 Å². The second-order valence-electron chi connectivity index (χ2n) is 8.20. The highest BCUT2D eigenvalue weighted by Crippen LogP contribution is 2.30. The van der Waals surface area contributed by atoms with Gasteiger partial charge in [0.15, 0.2) is 16.6 Å². The second-order valence-corrected chi connectivity index (χ2v) is 10.5. The van der Waals surface area contributed by atoms with E-state index in [2.05, 4.69) is 15.6 Å². The van der Waals surface area contributed by atoms with Crippen LogP contribution in [0.3, 0.4) is 0 Å². The molecule has 0 bridgehead atoms. The molecule has 4 rings (SSSR count). The van der Waals surface area contributed by atoms with E-state index in [1.807, 2.05) is 55.6 Å². The summed E-state index contributed by atoms with van der Waals surface area (Å²) in [7, 11) is 3.07. The average Bonchev–Trinajstić information content (AvgIpc) is 3.38. The van der Waals surface area contributed by atoms with Crippen LogP contribution in [0.25, 0.3) is 11.3 Å². The van der Waals surface area contributed by atoms with Crippen molar-refractivity contribution < 1.29 is 19.1 Å². The van der Waals surface area contributed by atoms with Gasteiger partial charge < -0.3 is 20.1 Å². The van der Waals surface area contributed by atoms with Gasteiger partial charge in [-0.25, -0.2) is 4.98 Å². The number of anilines is 2. The number of carbonyl (C=O) groups is 2. The third-order valence-corrected chi connectivity index (χ3v) is 7.39. The fourth-order valence-electron chi connectivity index (χ4n) is 3.45. The fraction of sp³-hybridized carbons (Fsp3) is 0.179. The van der Waals surface area contributed by atoms with Crippen molar-refractivity contribution in [3.05, 3.63) is 83.2 Å². The van der Waals surface area contributed by atoms with Crippen molar-refractivity contribution in [2.24, 2.45) is 0 Å². The molecule has 0 spiro atoms. The van der Waals surface area contributed by atoms with Crippen molar-refractivity contribution in [1.29, 1.82) is 0 Å². The van der Waals surface area contributed by atoms with Crippen LogP contribution >= 0.6 is 23.1 Å². The Bertz CT molecular complexity index is 1390. The number of nitrogens with zero attached hydrogens (tertiary/aromatic N) is 1. The zero-order valence-corrected chi connectivity index (χ0v) is 22.5. The molecule has 3 aromatic carbocycles. The molecular formula is C28H27N3O4S2. The van der Waals surface area contributed by atoms with Gasteiger partial charge in [0.2, 0.25) is 5.91 Å². The summed E-state index contributed by atoms with van der Waals surface area (Å²) in [6, 6.07) is 20.5. The minimum atomic E-state index is -0.334. The van der Waals surface area contributed by atoms with Gasteiger partial charge in [0, 0.05) is 27.1 Å². The molecular weight excluding hydrogens is 506 g/mol. The molecule has 1 aromatic heterocycles. The third kappa shape index (κ3) is 6.69. The maximum Gasteiger partial charge on any atom is 0.255 e. The van der Waals surface area contributed by atoms with E-state index in [0.29, 0.717) is 27.9 Å². The number of thiazole rings is 1. The largest absolute Gasteiger partial charge is 0.493 e. The van der Waals surface area contributed by atoms with E-state index in [9.17, 15) is 9.59 Å². The number of methoxy groups -OCH3 is 2. The van der Waals surface area contributed by atoms with Crippen LogP contribution in [0.1, 0.15) is 22.8 Å². The Kier molecular flexibility index (Phi) is 8.47. The number of rotatable bonds is 9. The third-order valence-electron chi connectivity index (χ3n) is 5.52. The number of amides is 2. The lowest BCUT2D eigenvalue weighted by Crippen LogP contribution is -2.22. The smallest absolute Gasteiger partial charge is 0.255 e. The Morgan fingerprint density at radius 1 is 0.919 bits per heavy atom. The molecule has 1 unspecified atom stereocenters. The summed E-state index contributed by atoms with van der Waals surface area (Å²) in [6.45, 7) is 3.89. The molecule has 4 aromatic rings. The molecule has 0 radical (unpaired) electrons. The summed E-state index contributed by atoms with van der Waals surface area (Å²) < 4.78 is 10.5. The van der Waals surface area contributed by atoms with Crippen molar-refractivity contribution >= 4 is 45.7 Å². The zero-order chi connectivity index (χ0) is 26.4. The number of aromatic nitrogens is 1. The Balaban J connectivity index is 1.32. The van der Waals surface area contributed by atoms with Gasteiger partial charge in [0.25, 0.3) is 5.91 Å². The maximum atomic E-state index is 12.7. The molecule has 37 heavy (non-hydrogen) atoms. The summed E-state index contributed by atoms with van der Waals surface area (Å²) in [4.78, 5) is 30.8. The standard InChI is InChI=1S/C28H27N3O4S2/c1-17-5-7-19(8-6-17)23-16-36-28(30-23)31-26(32)18(2)37-22-12-10-21(11-13-22)29-27(33)20-9-14-24(34-3)25(15-20)35-4/h5-16,18H,1-4H3,(H,29,33)(H,30,31,32). The number of hydrogen-bond donors (Lipinski definition) is 2. The van der Waals surface area contributed by atoms with Gasteiger partial charge in [-0.15, -0.1) is 23.1 Å². The lowest BCUT2D eigenvalue weighted by molar-refractivity contribution is -0.115. The normalized spacial score (nSPS) is 11.5. The molecule has 2 amide bonds. The molecule has 0 saturated heterocycles. The van der Waals surface area contributed by atoms with E-state index < -0.39 is 0 Å². The van der Waals surface area contributed by atoms with E-state index in [-0.39, 0.29) is 17.1 Å². The summed E-state index contributed by atoms with van der Waals surface area (Å²) in [5.41, 5.74) is 4.14. The molecule has 2 N–H and O–H groups in total. The van der Waals surface area contributed by atoms with Crippen LogP contribution in [0.2, 0.25) is 0 Å². The number of ether oxygens (including phenoxy) is 2. The van der Waals surface area contributed by atoms with Crippen LogP contribution in [-0.2, 0) is 4.79 Å². The van der Waals surface area contributed by atoms with Crippen molar-refractivity contribution in [3.8, 4) is 22.8 Å². The summed E-state index contributed by atoms with van der Waals surface area (Å²) in [5, 5.41) is 7.95. The SMILES string of the molecule is COc1ccc(C(=O)Nc2ccc(SC(C)C(=O)Nc3nc(-c4ccc(C)cc4)cs3)cc2)cc1OC. The number of carbonyl (C=O) groups excluding carboxylic acids is 2. The average molecular weight is 534 g/mol. The second kappa shape index (κ2) is 11.9. The van der Waals surface area contributed by atoms with Crippen molar-refractivity contribution in [3.63, 3.8) is 0 Å². The Morgan fingerprint density at radius 3 is 2.30 bits per heavy atom. The first kappa shape index (κ1) is 26.2. The molecule has 0 aliphatic carbocycles. The number of hydrogen-bond acceptors (Lipinski definition) is 7. The van der Waals surface area contributed by atoms with Crippen LogP contribution in [0, 0.1) is 6.92 Å². The summed E-state index contributed by atoms with van der Waals surface area (Å²) in [5.74, 6) is 0.654. The topological polar surface area (TPSA) is 89.5 Å². The maximum absolute atomic E-state index is 12.7. The lowest BCUT2D eigenvalue weighted by Gasteiger charge is -2.12. The van der Waals surface area contributed by atoms with Gasteiger partial charge >= 0.3 is 0 Å². The van der Waals surface area contributed by atoms with E-state index in [1.165, 1.54) is 35.8 Å². The molecule has 1 atom stereocenters. The lowest BCUT2D eigenvalue weighted by atomic mass is 10.1. The van der Waals surface area contributed by atoms with Crippen LogP contribution in [0.4, 0.5) is 10.8 Å². The van der Waals surface area contributed by atoms with Crippen molar-refractivity contribution in [2.45, 2.75) is 24.0 Å². The highest BCUT2D eigenvalue weighted by molar-refractivity contribution is 8.00. The van der Waals surface area contributed by atoms with Crippen LogP contribution in [0.5, 0.6) is 11.5 Å². The molecule has 1 heterocycles. The first-order valence-corrected chi connectivity index (χ1v) is 13.3. The fourth-order valence-corrected chi connectivity index (χ4v) is 5.04. The van der Waals surface area contributed by atoms with Gasteiger partial charge in [0.05, 0.1) is 25.2 Å². The number of nitrogens with one attached hydrogen (secondary N) is 2. The molecule has 7 nitrogen and oxygen atoms in total. The minimum absolute atomic E-state index is 0.124. The predicted molar refractivity (Wildman–Crippen MR) is 150 cm³/mol.